The molecule has 0 aliphatic carbocycles. The number of anilines is 1. The Bertz CT molecular complexity index is 380. The second kappa shape index (κ2) is 5.43. The molecule has 1 aliphatic rings. The quantitative estimate of drug-likeness (QED) is 0.905. The Morgan fingerprint density at radius 3 is 2.44 bits per heavy atom. The number of piperazine rings is 1. The largest absolute Gasteiger partial charge is 0.389 e. The minimum atomic E-state index is -0.624. The van der Waals surface area contributed by atoms with Crippen molar-refractivity contribution in [2.45, 2.75) is 19.4 Å². The first-order valence-electron chi connectivity index (χ1n) is 6.25. The fourth-order valence-electron chi connectivity index (χ4n) is 2.24. The molecular formula is C13H20ClN3O. The standard InChI is InChI=1S/C13H20ClN3O/c1-13(2,18)10-16-5-7-17(8-6-16)12-4-3-11(14)9-15-12/h3-4,9,18H,5-8,10H2,1-2H3. The zero-order valence-corrected chi connectivity index (χ0v) is 11.7. The van der Waals surface area contributed by atoms with E-state index in [0.717, 1.165) is 38.5 Å². The van der Waals surface area contributed by atoms with E-state index in [-0.39, 0.29) is 0 Å². The van der Waals surface area contributed by atoms with Gasteiger partial charge in [0, 0.05) is 38.9 Å². The summed E-state index contributed by atoms with van der Waals surface area (Å²) in [5, 5.41) is 10.5. The van der Waals surface area contributed by atoms with E-state index in [1.807, 2.05) is 26.0 Å². The molecule has 0 aromatic carbocycles. The van der Waals surface area contributed by atoms with Crippen molar-refractivity contribution in [3.63, 3.8) is 0 Å². The van der Waals surface area contributed by atoms with Gasteiger partial charge in [0.25, 0.3) is 0 Å². The Labute approximate surface area is 113 Å². The Balaban J connectivity index is 1.88. The molecule has 5 heteroatoms. The molecule has 0 radical (unpaired) electrons. The number of β-amino-alcohol motifs (C(OH)–C–C–N with tert-alkyl or cyclic N) is 1. The van der Waals surface area contributed by atoms with E-state index >= 15 is 0 Å². The zero-order valence-electron chi connectivity index (χ0n) is 10.9. The van der Waals surface area contributed by atoms with Gasteiger partial charge in [-0.3, -0.25) is 4.90 Å². The van der Waals surface area contributed by atoms with Gasteiger partial charge in [-0.05, 0) is 26.0 Å². The van der Waals surface area contributed by atoms with Gasteiger partial charge in [-0.15, -0.1) is 0 Å². The molecule has 1 aromatic rings. The van der Waals surface area contributed by atoms with Crippen molar-refractivity contribution in [2.24, 2.45) is 0 Å². The predicted molar refractivity (Wildman–Crippen MR) is 74.2 cm³/mol. The van der Waals surface area contributed by atoms with E-state index in [9.17, 15) is 5.11 Å². The molecule has 1 aliphatic heterocycles. The number of hydrogen-bond acceptors (Lipinski definition) is 4. The number of aliphatic hydroxyl groups is 1. The minimum absolute atomic E-state index is 0.624. The average Bonchev–Trinajstić information content (AvgIpc) is 2.29. The lowest BCUT2D eigenvalue weighted by molar-refractivity contribution is 0.0344. The zero-order chi connectivity index (χ0) is 13.2. The SMILES string of the molecule is CC(C)(O)CN1CCN(c2ccc(Cl)cn2)CC1. The van der Waals surface area contributed by atoms with Gasteiger partial charge in [-0.2, -0.15) is 0 Å². The first-order valence-corrected chi connectivity index (χ1v) is 6.63. The molecule has 0 saturated carbocycles. The average molecular weight is 270 g/mol. The van der Waals surface area contributed by atoms with Gasteiger partial charge in [0.05, 0.1) is 10.6 Å². The molecule has 4 nitrogen and oxygen atoms in total. The third-order valence-corrected chi connectivity index (χ3v) is 3.24. The van der Waals surface area contributed by atoms with Crippen LogP contribution in [0.4, 0.5) is 5.82 Å². The van der Waals surface area contributed by atoms with Crippen molar-refractivity contribution in [3.05, 3.63) is 23.4 Å². The van der Waals surface area contributed by atoms with Crippen LogP contribution in [-0.2, 0) is 0 Å². The maximum Gasteiger partial charge on any atom is 0.128 e. The number of aromatic nitrogens is 1. The van der Waals surface area contributed by atoms with Gasteiger partial charge in [0.2, 0.25) is 0 Å². The van der Waals surface area contributed by atoms with Crippen LogP contribution in [0.15, 0.2) is 18.3 Å². The second-order valence-electron chi connectivity index (χ2n) is 5.41. The maximum absolute atomic E-state index is 9.80. The van der Waals surface area contributed by atoms with E-state index in [1.165, 1.54) is 0 Å². The van der Waals surface area contributed by atoms with Gasteiger partial charge in [-0.1, -0.05) is 11.6 Å². The number of nitrogens with zero attached hydrogens (tertiary/aromatic N) is 3. The second-order valence-corrected chi connectivity index (χ2v) is 5.85. The molecule has 0 spiro atoms. The summed E-state index contributed by atoms with van der Waals surface area (Å²) in [6, 6.07) is 3.82. The van der Waals surface area contributed by atoms with E-state index in [2.05, 4.69) is 14.8 Å². The molecule has 1 saturated heterocycles. The van der Waals surface area contributed by atoms with Crippen molar-refractivity contribution in [2.75, 3.05) is 37.6 Å². The van der Waals surface area contributed by atoms with Crippen molar-refractivity contribution in [1.82, 2.24) is 9.88 Å². The van der Waals surface area contributed by atoms with Crippen LogP contribution >= 0.6 is 11.6 Å². The van der Waals surface area contributed by atoms with Crippen LogP contribution < -0.4 is 4.90 Å². The third kappa shape index (κ3) is 3.83. The Morgan fingerprint density at radius 2 is 1.94 bits per heavy atom. The highest BCUT2D eigenvalue weighted by Gasteiger charge is 2.23. The van der Waals surface area contributed by atoms with Crippen molar-refractivity contribution >= 4 is 17.4 Å². The molecule has 1 aromatic heterocycles. The van der Waals surface area contributed by atoms with Gasteiger partial charge in [0.1, 0.15) is 5.82 Å². The molecule has 100 valence electrons. The predicted octanol–water partition coefficient (Wildman–Crippen LogP) is 1.63. The lowest BCUT2D eigenvalue weighted by Crippen LogP contribution is -2.50. The van der Waals surface area contributed by atoms with Gasteiger partial charge < -0.3 is 10.0 Å². The molecule has 0 amide bonds. The Morgan fingerprint density at radius 1 is 1.28 bits per heavy atom. The summed E-state index contributed by atoms with van der Waals surface area (Å²) in [5.41, 5.74) is -0.624. The normalized spacial score (nSPS) is 18.1. The number of halogens is 1. The molecule has 1 N–H and O–H groups in total. The van der Waals surface area contributed by atoms with Crippen molar-refractivity contribution in [3.8, 4) is 0 Å². The molecule has 0 unspecified atom stereocenters. The number of rotatable bonds is 3. The van der Waals surface area contributed by atoms with Gasteiger partial charge in [0.15, 0.2) is 0 Å². The summed E-state index contributed by atoms with van der Waals surface area (Å²) >= 11 is 5.83. The van der Waals surface area contributed by atoms with E-state index < -0.39 is 5.60 Å². The summed E-state index contributed by atoms with van der Waals surface area (Å²) in [4.78, 5) is 8.86. The Hall–Kier alpha value is -0.840. The fraction of sp³-hybridized carbons (Fsp3) is 0.615. The van der Waals surface area contributed by atoms with E-state index in [1.54, 1.807) is 6.20 Å². The smallest absolute Gasteiger partial charge is 0.128 e. The summed E-state index contributed by atoms with van der Waals surface area (Å²) < 4.78 is 0. The molecule has 2 heterocycles. The summed E-state index contributed by atoms with van der Waals surface area (Å²) in [6.45, 7) is 8.19. The summed E-state index contributed by atoms with van der Waals surface area (Å²) in [6.07, 6.45) is 1.68. The van der Waals surface area contributed by atoms with Crippen LogP contribution in [0.3, 0.4) is 0 Å². The molecule has 0 atom stereocenters. The van der Waals surface area contributed by atoms with Crippen LogP contribution in [0, 0.1) is 0 Å². The number of pyridine rings is 1. The lowest BCUT2D eigenvalue weighted by atomic mass is 10.1. The van der Waals surface area contributed by atoms with Crippen LogP contribution in [0.2, 0.25) is 5.02 Å². The first kappa shape index (κ1) is 13.6. The Kier molecular flexibility index (Phi) is 4.10. The fourth-order valence-corrected chi connectivity index (χ4v) is 2.35. The molecule has 18 heavy (non-hydrogen) atoms. The number of hydrogen-bond donors (Lipinski definition) is 1. The summed E-state index contributed by atoms with van der Waals surface area (Å²) in [5.74, 6) is 0.974. The van der Waals surface area contributed by atoms with Crippen LogP contribution in [-0.4, -0.2) is 53.3 Å². The van der Waals surface area contributed by atoms with Crippen LogP contribution in [0.25, 0.3) is 0 Å². The van der Waals surface area contributed by atoms with Crippen molar-refractivity contribution < 1.29 is 5.11 Å². The minimum Gasteiger partial charge on any atom is -0.389 e. The van der Waals surface area contributed by atoms with Crippen LogP contribution in [0.1, 0.15) is 13.8 Å². The molecule has 0 bridgehead atoms. The molecule has 1 fully saturated rings. The molecule has 2 rings (SSSR count). The summed E-state index contributed by atoms with van der Waals surface area (Å²) in [7, 11) is 0. The van der Waals surface area contributed by atoms with E-state index in [0.29, 0.717) is 5.02 Å². The lowest BCUT2D eigenvalue weighted by Gasteiger charge is -2.37. The van der Waals surface area contributed by atoms with E-state index in [4.69, 9.17) is 11.6 Å². The third-order valence-electron chi connectivity index (χ3n) is 3.02. The highest BCUT2D eigenvalue weighted by molar-refractivity contribution is 6.30. The molecular weight excluding hydrogens is 250 g/mol. The highest BCUT2D eigenvalue weighted by atomic mass is 35.5. The van der Waals surface area contributed by atoms with Gasteiger partial charge >= 0.3 is 0 Å². The topological polar surface area (TPSA) is 39.6 Å². The van der Waals surface area contributed by atoms with Crippen LogP contribution in [0.5, 0.6) is 0 Å². The first-order chi connectivity index (χ1) is 8.44. The van der Waals surface area contributed by atoms with Crippen molar-refractivity contribution in [1.29, 1.82) is 0 Å². The highest BCUT2D eigenvalue weighted by Crippen LogP contribution is 2.17. The van der Waals surface area contributed by atoms with Gasteiger partial charge in [-0.25, -0.2) is 4.98 Å². The monoisotopic (exact) mass is 269 g/mol. The maximum atomic E-state index is 9.80.